The second kappa shape index (κ2) is 8.69. The van der Waals surface area contributed by atoms with Crippen molar-refractivity contribution in [2.45, 2.75) is 33.2 Å². The Morgan fingerprint density at radius 1 is 1.16 bits per heavy atom. The number of aryl methyl sites for hydroxylation is 2. The Labute approximate surface area is 128 Å². The van der Waals surface area contributed by atoms with Crippen molar-refractivity contribution in [2.75, 3.05) is 19.6 Å². The fourth-order valence-corrected chi connectivity index (χ4v) is 2.45. The van der Waals surface area contributed by atoms with Gasteiger partial charge < -0.3 is 5.73 Å². The van der Waals surface area contributed by atoms with Gasteiger partial charge in [-0.1, -0.05) is 0 Å². The van der Waals surface area contributed by atoms with E-state index in [0.717, 1.165) is 43.4 Å². The Kier molecular flexibility index (Phi) is 8.50. The minimum Gasteiger partial charge on any atom is -0.330 e. The molecule has 19 heavy (non-hydrogen) atoms. The molecule has 1 aromatic rings. The zero-order valence-corrected chi connectivity index (χ0v) is 13.3. The summed E-state index contributed by atoms with van der Waals surface area (Å²) in [6.45, 7) is 8.00. The Hall–Kier alpha value is -0.420. The fourth-order valence-electron chi connectivity index (χ4n) is 2.45. The van der Waals surface area contributed by atoms with Crippen molar-refractivity contribution in [1.82, 2.24) is 14.9 Å². The van der Waals surface area contributed by atoms with Crippen molar-refractivity contribution in [3.8, 4) is 0 Å². The minimum absolute atomic E-state index is 0. The number of aromatic nitrogens is 2. The summed E-state index contributed by atoms with van der Waals surface area (Å²) in [5.41, 5.74) is 7.82. The number of piperidine rings is 1. The maximum absolute atomic E-state index is 5.70. The third-order valence-corrected chi connectivity index (χ3v) is 3.43. The van der Waals surface area contributed by atoms with Crippen LogP contribution in [-0.2, 0) is 6.54 Å². The van der Waals surface area contributed by atoms with Gasteiger partial charge in [0.15, 0.2) is 0 Å². The average Bonchev–Trinajstić information content (AvgIpc) is 2.28. The SMILES string of the molecule is Cc1cc(C)nc(CN2CCC(CN)CC2)n1.Cl.Cl. The highest BCUT2D eigenvalue weighted by Crippen LogP contribution is 2.17. The normalized spacial score (nSPS) is 16.6. The van der Waals surface area contributed by atoms with E-state index >= 15 is 0 Å². The molecule has 0 amide bonds. The molecule has 0 saturated carbocycles. The van der Waals surface area contributed by atoms with Crippen LogP contribution >= 0.6 is 24.8 Å². The lowest BCUT2D eigenvalue weighted by atomic mass is 9.97. The molecule has 110 valence electrons. The van der Waals surface area contributed by atoms with Crippen LogP contribution in [0.25, 0.3) is 0 Å². The molecule has 1 aliphatic heterocycles. The zero-order chi connectivity index (χ0) is 12.3. The smallest absolute Gasteiger partial charge is 0.142 e. The van der Waals surface area contributed by atoms with Crippen LogP contribution in [-0.4, -0.2) is 34.5 Å². The molecule has 0 radical (unpaired) electrons. The zero-order valence-electron chi connectivity index (χ0n) is 11.6. The first-order valence-electron chi connectivity index (χ1n) is 6.41. The summed E-state index contributed by atoms with van der Waals surface area (Å²) in [5, 5.41) is 0. The van der Waals surface area contributed by atoms with Crippen LogP contribution in [0.1, 0.15) is 30.1 Å². The Bertz CT molecular complexity index is 359. The number of halogens is 2. The lowest BCUT2D eigenvalue weighted by molar-refractivity contribution is 0.176. The van der Waals surface area contributed by atoms with Crippen LogP contribution in [0, 0.1) is 19.8 Å². The van der Waals surface area contributed by atoms with E-state index in [1.165, 1.54) is 12.8 Å². The summed E-state index contributed by atoms with van der Waals surface area (Å²) in [6.07, 6.45) is 2.42. The van der Waals surface area contributed by atoms with Gasteiger partial charge in [0.1, 0.15) is 5.82 Å². The summed E-state index contributed by atoms with van der Waals surface area (Å²) in [4.78, 5) is 11.4. The van der Waals surface area contributed by atoms with Gasteiger partial charge in [0.2, 0.25) is 0 Å². The third kappa shape index (κ3) is 5.61. The lowest BCUT2D eigenvalue weighted by Crippen LogP contribution is -2.36. The standard InChI is InChI=1S/C13H22N4.2ClH/c1-10-7-11(2)16-13(15-10)9-17-5-3-12(8-14)4-6-17;;/h7,12H,3-6,8-9,14H2,1-2H3;2*1H. The van der Waals surface area contributed by atoms with E-state index in [9.17, 15) is 0 Å². The van der Waals surface area contributed by atoms with Gasteiger partial charge in [-0.05, 0) is 58.3 Å². The molecule has 0 aromatic carbocycles. The monoisotopic (exact) mass is 306 g/mol. The van der Waals surface area contributed by atoms with Crippen molar-refractivity contribution < 1.29 is 0 Å². The van der Waals surface area contributed by atoms with Crippen LogP contribution in [0.15, 0.2) is 6.07 Å². The number of hydrogen-bond acceptors (Lipinski definition) is 4. The molecule has 0 bridgehead atoms. The van der Waals surface area contributed by atoms with E-state index in [2.05, 4.69) is 14.9 Å². The topological polar surface area (TPSA) is 55.0 Å². The molecule has 0 spiro atoms. The molecule has 0 aliphatic carbocycles. The molecule has 0 atom stereocenters. The van der Waals surface area contributed by atoms with Gasteiger partial charge in [-0.2, -0.15) is 0 Å². The first-order valence-corrected chi connectivity index (χ1v) is 6.41. The van der Waals surface area contributed by atoms with E-state index in [-0.39, 0.29) is 24.8 Å². The molecule has 1 saturated heterocycles. The fraction of sp³-hybridized carbons (Fsp3) is 0.692. The van der Waals surface area contributed by atoms with Crippen molar-refractivity contribution in [2.24, 2.45) is 11.7 Å². The van der Waals surface area contributed by atoms with Crippen molar-refractivity contribution in [3.05, 3.63) is 23.3 Å². The average molecular weight is 307 g/mol. The largest absolute Gasteiger partial charge is 0.330 e. The summed E-state index contributed by atoms with van der Waals surface area (Å²) < 4.78 is 0. The highest BCUT2D eigenvalue weighted by molar-refractivity contribution is 5.85. The maximum atomic E-state index is 5.70. The minimum atomic E-state index is 0. The number of rotatable bonds is 3. The van der Waals surface area contributed by atoms with E-state index in [4.69, 9.17) is 5.73 Å². The second-order valence-electron chi connectivity index (χ2n) is 5.02. The van der Waals surface area contributed by atoms with Gasteiger partial charge in [-0.3, -0.25) is 4.90 Å². The van der Waals surface area contributed by atoms with Crippen molar-refractivity contribution in [3.63, 3.8) is 0 Å². The van der Waals surface area contributed by atoms with E-state index in [0.29, 0.717) is 5.92 Å². The summed E-state index contributed by atoms with van der Waals surface area (Å²) in [5.74, 6) is 1.67. The first kappa shape index (κ1) is 18.6. The van der Waals surface area contributed by atoms with Gasteiger partial charge in [-0.15, -0.1) is 24.8 Å². The second-order valence-corrected chi connectivity index (χ2v) is 5.02. The summed E-state index contributed by atoms with van der Waals surface area (Å²) in [6, 6.07) is 2.02. The lowest BCUT2D eigenvalue weighted by Gasteiger charge is -2.30. The first-order chi connectivity index (χ1) is 8.17. The van der Waals surface area contributed by atoms with E-state index in [1.54, 1.807) is 0 Å². The number of nitrogens with zero attached hydrogens (tertiary/aromatic N) is 3. The Balaban J connectivity index is 0.00000162. The predicted molar refractivity (Wildman–Crippen MR) is 83.1 cm³/mol. The molecule has 1 fully saturated rings. The molecule has 2 N–H and O–H groups in total. The molecule has 4 nitrogen and oxygen atoms in total. The van der Waals surface area contributed by atoms with Crippen LogP contribution in [0.4, 0.5) is 0 Å². The molecule has 2 rings (SSSR count). The summed E-state index contributed by atoms with van der Waals surface area (Å²) in [7, 11) is 0. The molecular weight excluding hydrogens is 283 g/mol. The predicted octanol–water partition coefficient (Wildman–Crippen LogP) is 2.11. The van der Waals surface area contributed by atoms with Crippen LogP contribution in [0.2, 0.25) is 0 Å². The quantitative estimate of drug-likeness (QED) is 0.929. The van der Waals surface area contributed by atoms with Gasteiger partial charge >= 0.3 is 0 Å². The van der Waals surface area contributed by atoms with Crippen LogP contribution in [0.3, 0.4) is 0 Å². The third-order valence-electron chi connectivity index (χ3n) is 3.43. The highest BCUT2D eigenvalue weighted by atomic mass is 35.5. The number of nitrogens with two attached hydrogens (primary N) is 1. The highest BCUT2D eigenvalue weighted by Gasteiger charge is 2.18. The van der Waals surface area contributed by atoms with Gasteiger partial charge in [0.25, 0.3) is 0 Å². The summed E-state index contributed by atoms with van der Waals surface area (Å²) >= 11 is 0. The number of hydrogen-bond donors (Lipinski definition) is 1. The van der Waals surface area contributed by atoms with E-state index < -0.39 is 0 Å². The van der Waals surface area contributed by atoms with Crippen molar-refractivity contribution in [1.29, 1.82) is 0 Å². The Morgan fingerprint density at radius 3 is 2.16 bits per heavy atom. The molecule has 1 aliphatic rings. The molecule has 1 aromatic heterocycles. The molecule has 6 heteroatoms. The Morgan fingerprint density at radius 2 is 1.68 bits per heavy atom. The van der Waals surface area contributed by atoms with E-state index in [1.807, 2.05) is 19.9 Å². The van der Waals surface area contributed by atoms with Gasteiger partial charge in [0.05, 0.1) is 6.54 Å². The number of likely N-dealkylation sites (tertiary alicyclic amines) is 1. The van der Waals surface area contributed by atoms with Crippen molar-refractivity contribution >= 4 is 24.8 Å². The van der Waals surface area contributed by atoms with Crippen LogP contribution < -0.4 is 5.73 Å². The van der Waals surface area contributed by atoms with Gasteiger partial charge in [0, 0.05) is 11.4 Å². The molecule has 2 heterocycles. The van der Waals surface area contributed by atoms with Crippen LogP contribution in [0.5, 0.6) is 0 Å². The molecular formula is C13H24Cl2N4. The van der Waals surface area contributed by atoms with Gasteiger partial charge in [-0.25, -0.2) is 9.97 Å². The maximum Gasteiger partial charge on any atom is 0.142 e. The molecule has 0 unspecified atom stereocenters.